The molecule has 1 fully saturated rings. The van der Waals surface area contributed by atoms with E-state index in [1.54, 1.807) is 48.7 Å². The lowest BCUT2D eigenvalue weighted by atomic mass is 10.1. The molecule has 0 unspecified atom stereocenters. The molecular weight excluding hydrogens is 446 g/mol. The van der Waals surface area contributed by atoms with Crippen LogP contribution < -0.4 is 9.62 Å². The number of carbonyl (C=O) groups excluding carboxylic acids is 1. The van der Waals surface area contributed by atoms with Crippen molar-refractivity contribution in [1.29, 1.82) is 0 Å². The molecule has 1 aliphatic heterocycles. The highest BCUT2D eigenvalue weighted by atomic mass is 35.5. The van der Waals surface area contributed by atoms with Gasteiger partial charge >= 0.3 is 0 Å². The number of carbonyl (C=O) groups is 1. The number of anilines is 2. The summed E-state index contributed by atoms with van der Waals surface area (Å²) < 4.78 is 26.4. The van der Waals surface area contributed by atoms with Crippen LogP contribution in [0.15, 0.2) is 60.8 Å². The molecule has 6 nitrogen and oxygen atoms in total. The van der Waals surface area contributed by atoms with Crippen LogP contribution in [0, 0.1) is 6.92 Å². The van der Waals surface area contributed by atoms with Crippen LogP contribution in [0.25, 0.3) is 11.3 Å². The zero-order chi connectivity index (χ0) is 22.7. The predicted molar refractivity (Wildman–Crippen MR) is 129 cm³/mol. The maximum atomic E-state index is 12.8. The van der Waals surface area contributed by atoms with Crippen molar-refractivity contribution < 1.29 is 13.2 Å². The van der Waals surface area contributed by atoms with E-state index in [9.17, 15) is 13.2 Å². The summed E-state index contributed by atoms with van der Waals surface area (Å²) in [5, 5.41) is 3.42. The number of aromatic nitrogens is 1. The Labute approximate surface area is 193 Å². The van der Waals surface area contributed by atoms with Crippen LogP contribution in [0.2, 0.25) is 5.02 Å². The minimum absolute atomic E-state index is 0.157. The molecule has 1 amide bonds. The van der Waals surface area contributed by atoms with E-state index in [1.807, 2.05) is 19.1 Å². The highest BCUT2D eigenvalue weighted by molar-refractivity contribution is 7.92. The van der Waals surface area contributed by atoms with Crippen LogP contribution in [-0.2, 0) is 10.0 Å². The summed E-state index contributed by atoms with van der Waals surface area (Å²) in [6, 6.07) is 15.7. The van der Waals surface area contributed by atoms with Gasteiger partial charge in [-0.2, -0.15) is 0 Å². The summed E-state index contributed by atoms with van der Waals surface area (Å²) in [6.07, 6.45) is 4.18. The Kier molecular flexibility index (Phi) is 6.48. The van der Waals surface area contributed by atoms with E-state index in [0.717, 1.165) is 29.7 Å². The molecule has 2 aromatic carbocycles. The van der Waals surface area contributed by atoms with Crippen LogP contribution in [0.4, 0.5) is 11.4 Å². The number of nitrogens with one attached hydrogen (secondary N) is 1. The molecule has 32 heavy (non-hydrogen) atoms. The van der Waals surface area contributed by atoms with E-state index in [-0.39, 0.29) is 11.7 Å². The number of hydrogen-bond donors (Lipinski definition) is 1. The lowest BCUT2D eigenvalue weighted by Crippen LogP contribution is -2.32. The maximum absolute atomic E-state index is 12.8. The Morgan fingerprint density at radius 2 is 1.81 bits per heavy atom. The van der Waals surface area contributed by atoms with Crippen molar-refractivity contribution in [3.8, 4) is 11.3 Å². The number of rotatable bonds is 4. The molecule has 1 aliphatic rings. The van der Waals surface area contributed by atoms with Gasteiger partial charge in [0.1, 0.15) is 0 Å². The second-order valence-corrected chi connectivity index (χ2v) is 10.3. The van der Waals surface area contributed by atoms with Crippen molar-refractivity contribution in [3.05, 3.63) is 76.9 Å². The third kappa shape index (κ3) is 4.95. The smallest absolute Gasteiger partial charge is 0.255 e. The first-order valence-electron chi connectivity index (χ1n) is 10.5. The quantitative estimate of drug-likeness (QED) is 0.563. The Morgan fingerprint density at radius 3 is 2.53 bits per heavy atom. The van der Waals surface area contributed by atoms with E-state index >= 15 is 0 Å². The number of aryl methyl sites for hydroxylation is 1. The van der Waals surface area contributed by atoms with Crippen LogP contribution >= 0.6 is 11.6 Å². The molecule has 0 spiro atoms. The largest absolute Gasteiger partial charge is 0.322 e. The van der Waals surface area contributed by atoms with Gasteiger partial charge in [-0.25, -0.2) is 8.42 Å². The van der Waals surface area contributed by atoms with Crippen LogP contribution in [0.3, 0.4) is 0 Å². The summed E-state index contributed by atoms with van der Waals surface area (Å²) in [5.74, 6) is -0.135. The fourth-order valence-corrected chi connectivity index (χ4v) is 5.52. The molecule has 0 radical (unpaired) electrons. The van der Waals surface area contributed by atoms with Gasteiger partial charge in [0.05, 0.1) is 22.2 Å². The first-order valence-corrected chi connectivity index (χ1v) is 12.5. The van der Waals surface area contributed by atoms with Crippen molar-refractivity contribution in [3.63, 3.8) is 0 Å². The first kappa shape index (κ1) is 22.3. The topological polar surface area (TPSA) is 79.4 Å². The van der Waals surface area contributed by atoms with Gasteiger partial charge in [0, 0.05) is 29.6 Å². The van der Waals surface area contributed by atoms with E-state index < -0.39 is 10.0 Å². The van der Waals surface area contributed by atoms with Crippen molar-refractivity contribution in [2.45, 2.75) is 26.2 Å². The molecule has 3 aromatic rings. The van der Waals surface area contributed by atoms with Crippen molar-refractivity contribution in [1.82, 2.24) is 4.98 Å². The van der Waals surface area contributed by atoms with Crippen LogP contribution in [-0.4, -0.2) is 31.6 Å². The molecule has 1 saturated heterocycles. The predicted octanol–water partition coefficient (Wildman–Crippen LogP) is 5.28. The fraction of sp³-hybridized carbons (Fsp3) is 0.250. The molecule has 166 valence electrons. The van der Waals surface area contributed by atoms with Gasteiger partial charge in [0.2, 0.25) is 10.0 Å². The van der Waals surface area contributed by atoms with E-state index in [1.165, 1.54) is 4.31 Å². The summed E-state index contributed by atoms with van der Waals surface area (Å²) in [5.41, 5.74) is 4.11. The molecule has 4 rings (SSSR count). The molecule has 0 aliphatic carbocycles. The van der Waals surface area contributed by atoms with Crippen LogP contribution in [0.1, 0.15) is 35.2 Å². The van der Waals surface area contributed by atoms with Gasteiger partial charge in [0.15, 0.2) is 0 Å². The number of pyridine rings is 1. The first-order chi connectivity index (χ1) is 15.3. The summed E-state index contributed by atoms with van der Waals surface area (Å²) >= 11 is 6.34. The Bertz CT molecular complexity index is 1230. The van der Waals surface area contributed by atoms with Crippen LogP contribution in [0.5, 0.6) is 0 Å². The Hall–Kier alpha value is -2.90. The van der Waals surface area contributed by atoms with E-state index in [0.29, 0.717) is 34.9 Å². The van der Waals surface area contributed by atoms with E-state index in [4.69, 9.17) is 11.6 Å². The fourth-order valence-electron chi connectivity index (χ4n) is 3.66. The number of benzene rings is 2. The molecule has 1 aromatic heterocycles. The molecule has 2 heterocycles. The lowest BCUT2D eigenvalue weighted by molar-refractivity contribution is 0.102. The Morgan fingerprint density at radius 1 is 1.03 bits per heavy atom. The second-order valence-electron chi connectivity index (χ2n) is 7.87. The molecule has 0 atom stereocenters. The molecule has 1 N–H and O–H groups in total. The van der Waals surface area contributed by atoms with Gasteiger partial charge in [-0.15, -0.1) is 0 Å². The standard InChI is InChI=1S/C24H24ClN3O3S/c1-17-5-12-23(26-16-17)21-15-19(8-11-22(21)25)27-24(29)18-6-9-20(10-7-18)28-13-3-2-4-14-32(28,30)31/h5-12,15-16H,2-4,13-14H2,1H3,(H,27,29). The highest BCUT2D eigenvalue weighted by Gasteiger charge is 2.24. The highest BCUT2D eigenvalue weighted by Crippen LogP contribution is 2.30. The van der Waals surface area contributed by atoms with Gasteiger partial charge in [-0.05, 0) is 73.9 Å². The van der Waals surface area contributed by atoms with Gasteiger partial charge in [0.25, 0.3) is 5.91 Å². The Balaban J connectivity index is 1.52. The monoisotopic (exact) mass is 469 g/mol. The van der Waals surface area contributed by atoms with Gasteiger partial charge < -0.3 is 5.32 Å². The summed E-state index contributed by atoms with van der Waals surface area (Å²) in [7, 11) is -3.32. The minimum Gasteiger partial charge on any atom is -0.322 e. The van der Waals surface area contributed by atoms with E-state index in [2.05, 4.69) is 10.3 Å². The number of sulfonamides is 1. The third-order valence-electron chi connectivity index (χ3n) is 5.43. The van der Waals surface area contributed by atoms with Crippen molar-refractivity contribution in [2.24, 2.45) is 0 Å². The zero-order valence-electron chi connectivity index (χ0n) is 17.7. The maximum Gasteiger partial charge on any atom is 0.255 e. The third-order valence-corrected chi connectivity index (χ3v) is 7.63. The number of amides is 1. The molecule has 0 saturated carbocycles. The summed E-state index contributed by atoms with van der Waals surface area (Å²) in [6.45, 7) is 2.43. The van der Waals surface area contributed by atoms with Crippen molar-refractivity contribution in [2.75, 3.05) is 21.9 Å². The second kappa shape index (κ2) is 9.30. The molecule has 8 heteroatoms. The lowest BCUT2D eigenvalue weighted by Gasteiger charge is -2.22. The van der Waals surface area contributed by atoms with Gasteiger partial charge in [-0.1, -0.05) is 24.1 Å². The minimum atomic E-state index is -3.32. The average molecular weight is 470 g/mol. The normalized spacial score (nSPS) is 15.8. The SMILES string of the molecule is Cc1ccc(-c2cc(NC(=O)c3ccc(N4CCCCCS4(=O)=O)cc3)ccc2Cl)nc1. The zero-order valence-corrected chi connectivity index (χ0v) is 19.3. The summed E-state index contributed by atoms with van der Waals surface area (Å²) in [4.78, 5) is 17.2. The number of halogens is 1. The number of hydrogen-bond acceptors (Lipinski definition) is 4. The molecular formula is C24H24ClN3O3S. The van der Waals surface area contributed by atoms with Gasteiger partial charge in [-0.3, -0.25) is 14.1 Å². The average Bonchev–Trinajstić information content (AvgIpc) is 2.96. The number of nitrogens with zero attached hydrogens (tertiary/aromatic N) is 2. The molecule has 0 bridgehead atoms. The van der Waals surface area contributed by atoms with Crippen molar-refractivity contribution >= 4 is 38.9 Å².